The van der Waals surface area contributed by atoms with Crippen molar-refractivity contribution in [1.29, 1.82) is 0 Å². The van der Waals surface area contributed by atoms with E-state index in [2.05, 4.69) is 41.3 Å². The Morgan fingerprint density at radius 3 is 2.57 bits per heavy atom. The highest BCUT2D eigenvalue weighted by atomic mass is 16.5. The molecule has 1 N–H and O–H groups in total. The summed E-state index contributed by atoms with van der Waals surface area (Å²) in [5.74, 6) is 0.0676. The zero-order valence-corrected chi connectivity index (χ0v) is 18.4. The number of hydrogen-bond donors (Lipinski definition) is 1. The molecule has 3 aromatic rings. The van der Waals surface area contributed by atoms with Crippen molar-refractivity contribution in [1.82, 2.24) is 24.8 Å². The number of anilines is 1. The van der Waals surface area contributed by atoms with Crippen molar-refractivity contribution in [2.75, 3.05) is 11.9 Å². The second-order valence-electron chi connectivity index (χ2n) is 7.47. The van der Waals surface area contributed by atoms with Crippen LogP contribution in [0.1, 0.15) is 69.5 Å². The summed E-state index contributed by atoms with van der Waals surface area (Å²) < 4.78 is 6.98. The summed E-state index contributed by atoms with van der Waals surface area (Å²) in [5.41, 5.74) is 2.86. The smallest absolute Gasteiger partial charge is 0.292 e. The number of carbonyl (C=O) groups is 1. The number of nitrogens with one attached hydrogen (secondary N) is 1. The van der Waals surface area contributed by atoms with Gasteiger partial charge in [-0.2, -0.15) is 5.10 Å². The van der Waals surface area contributed by atoms with E-state index in [-0.39, 0.29) is 11.7 Å². The predicted molar refractivity (Wildman–Crippen MR) is 117 cm³/mol. The number of fused-ring (bicyclic) bond motifs is 1. The second-order valence-corrected chi connectivity index (χ2v) is 7.47. The summed E-state index contributed by atoms with van der Waals surface area (Å²) in [6.45, 7) is 10.2. The Morgan fingerprint density at radius 1 is 1.20 bits per heavy atom. The van der Waals surface area contributed by atoms with Gasteiger partial charge in [-0.1, -0.05) is 31.8 Å². The number of nitrogens with zero attached hydrogens (tertiary/aromatic N) is 5. The average Bonchev–Trinajstić information content (AvgIpc) is 3.43. The SMILES string of the molecule is CCCC(CCC)Nc1c(CN(CC)C(=O)c2ccno2)cnc2c1cnn2CC. The highest BCUT2D eigenvalue weighted by Gasteiger charge is 2.22. The predicted octanol–water partition coefficient (Wildman–Crippen LogP) is 4.48. The fourth-order valence-corrected chi connectivity index (χ4v) is 3.79. The van der Waals surface area contributed by atoms with Crippen LogP contribution in [-0.2, 0) is 13.1 Å². The average molecular weight is 413 g/mol. The van der Waals surface area contributed by atoms with Crippen LogP contribution < -0.4 is 5.32 Å². The summed E-state index contributed by atoms with van der Waals surface area (Å²) in [7, 11) is 0. The van der Waals surface area contributed by atoms with Gasteiger partial charge in [0.1, 0.15) is 0 Å². The largest absolute Gasteiger partial charge is 0.381 e. The molecule has 0 aliphatic rings. The van der Waals surface area contributed by atoms with E-state index in [0.29, 0.717) is 19.1 Å². The monoisotopic (exact) mass is 412 g/mol. The van der Waals surface area contributed by atoms with E-state index in [4.69, 9.17) is 4.52 Å². The molecule has 8 heteroatoms. The third-order valence-electron chi connectivity index (χ3n) is 5.35. The molecule has 30 heavy (non-hydrogen) atoms. The Morgan fingerprint density at radius 2 is 1.97 bits per heavy atom. The number of hydrogen-bond acceptors (Lipinski definition) is 6. The highest BCUT2D eigenvalue weighted by Crippen LogP contribution is 2.29. The second kappa shape index (κ2) is 10.2. The van der Waals surface area contributed by atoms with E-state index in [9.17, 15) is 4.79 Å². The maximum absolute atomic E-state index is 12.8. The number of carbonyl (C=O) groups excluding carboxylic acids is 1. The van der Waals surface area contributed by atoms with E-state index in [1.807, 2.05) is 24.0 Å². The third-order valence-corrected chi connectivity index (χ3v) is 5.35. The Kier molecular flexibility index (Phi) is 7.43. The van der Waals surface area contributed by atoms with Gasteiger partial charge in [0, 0.05) is 43.5 Å². The lowest BCUT2D eigenvalue weighted by atomic mass is 10.0. The fraction of sp³-hybridized carbons (Fsp3) is 0.545. The molecule has 3 heterocycles. The van der Waals surface area contributed by atoms with Gasteiger partial charge in [0.25, 0.3) is 5.91 Å². The van der Waals surface area contributed by atoms with Gasteiger partial charge < -0.3 is 14.7 Å². The van der Waals surface area contributed by atoms with Crippen LogP contribution in [0.25, 0.3) is 11.0 Å². The lowest BCUT2D eigenvalue weighted by molar-refractivity contribution is 0.0710. The molecule has 0 aliphatic carbocycles. The Bertz CT molecular complexity index is 944. The van der Waals surface area contributed by atoms with E-state index in [1.54, 1.807) is 11.0 Å². The van der Waals surface area contributed by atoms with Crippen LogP contribution in [-0.4, -0.2) is 43.3 Å². The van der Waals surface area contributed by atoms with Crippen LogP contribution in [0, 0.1) is 0 Å². The van der Waals surface area contributed by atoms with Crippen LogP contribution in [0.15, 0.2) is 29.2 Å². The maximum atomic E-state index is 12.8. The van der Waals surface area contributed by atoms with Crippen LogP contribution in [0.4, 0.5) is 5.69 Å². The molecule has 0 aliphatic heterocycles. The minimum Gasteiger partial charge on any atom is -0.381 e. The molecule has 3 rings (SSSR count). The van der Waals surface area contributed by atoms with Crippen molar-refractivity contribution in [3.05, 3.63) is 36.0 Å². The van der Waals surface area contributed by atoms with Crippen LogP contribution in [0.3, 0.4) is 0 Å². The van der Waals surface area contributed by atoms with Crippen molar-refractivity contribution in [3.8, 4) is 0 Å². The molecule has 0 spiro atoms. The van der Waals surface area contributed by atoms with E-state index in [1.165, 1.54) is 6.20 Å². The highest BCUT2D eigenvalue weighted by molar-refractivity contribution is 5.93. The summed E-state index contributed by atoms with van der Waals surface area (Å²) in [6, 6.07) is 1.96. The quantitative estimate of drug-likeness (QED) is 0.499. The van der Waals surface area contributed by atoms with Crippen LogP contribution in [0.5, 0.6) is 0 Å². The molecule has 3 aromatic heterocycles. The Hall–Kier alpha value is -2.90. The Balaban J connectivity index is 1.98. The van der Waals surface area contributed by atoms with Gasteiger partial charge in [-0.25, -0.2) is 9.67 Å². The van der Waals surface area contributed by atoms with Crippen molar-refractivity contribution < 1.29 is 9.32 Å². The lowest BCUT2D eigenvalue weighted by Crippen LogP contribution is -2.31. The third kappa shape index (κ3) is 4.63. The number of pyridine rings is 1. The molecular weight excluding hydrogens is 380 g/mol. The number of rotatable bonds is 11. The molecule has 0 atom stereocenters. The molecule has 1 amide bonds. The molecule has 162 valence electrons. The van der Waals surface area contributed by atoms with Gasteiger partial charge in [0.15, 0.2) is 5.65 Å². The first kappa shape index (κ1) is 21.8. The van der Waals surface area contributed by atoms with Crippen LogP contribution in [0.2, 0.25) is 0 Å². The van der Waals surface area contributed by atoms with Gasteiger partial charge in [-0.3, -0.25) is 4.79 Å². The first-order valence-electron chi connectivity index (χ1n) is 10.9. The first-order chi connectivity index (χ1) is 14.6. The Labute approximate surface area is 177 Å². The van der Waals surface area contributed by atoms with Gasteiger partial charge >= 0.3 is 0 Å². The molecule has 0 radical (unpaired) electrons. The number of amides is 1. The standard InChI is InChI=1S/C22H32N6O2/c1-5-9-17(10-6-2)26-20-16(13-23-21-18(20)14-24-28(21)8-4)15-27(7-3)22(29)19-11-12-25-30-19/h11-14,17H,5-10,15H2,1-4H3,(H,23,26). The molecule has 0 saturated carbocycles. The summed E-state index contributed by atoms with van der Waals surface area (Å²) >= 11 is 0. The molecule has 0 saturated heterocycles. The summed E-state index contributed by atoms with van der Waals surface area (Å²) in [4.78, 5) is 19.2. The minimum absolute atomic E-state index is 0.177. The van der Waals surface area contributed by atoms with Crippen LogP contribution >= 0.6 is 0 Å². The molecule has 0 unspecified atom stereocenters. The summed E-state index contributed by atoms with van der Waals surface area (Å²) in [5, 5.41) is 12.9. The maximum Gasteiger partial charge on any atom is 0.292 e. The van der Waals surface area contributed by atoms with Crippen molar-refractivity contribution in [2.24, 2.45) is 0 Å². The zero-order valence-electron chi connectivity index (χ0n) is 18.4. The van der Waals surface area contributed by atoms with Gasteiger partial charge in [-0.05, 0) is 26.7 Å². The molecule has 0 aromatic carbocycles. The van der Waals surface area contributed by atoms with Gasteiger partial charge in [-0.15, -0.1) is 0 Å². The van der Waals surface area contributed by atoms with Crippen molar-refractivity contribution >= 4 is 22.6 Å². The fourth-order valence-electron chi connectivity index (χ4n) is 3.79. The van der Waals surface area contributed by atoms with Crippen molar-refractivity contribution in [3.63, 3.8) is 0 Å². The van der Waals surface area contributed by atoms with Gasteiger partial charge in [0.2, 0.25) is 5.76 Å². The number of aromatic nitrogens is 4. The van der Waals surface area contributed by atoms with Gasteiger partial charge in [0.05, 0.1) is 23.5 Å². The normalized spacial score (nSPS) is 11.4. The number of aryl methyl sites for hydroxylation is 1. The molecule has 0 bridgehead atoms. The molecule has 0 fully saturated rings. The van der Waals surface area contributed by atoms with E-state index in [0.717, 1.165) is 54.5 Å². The minimum atomic E-state index is -0.177. The summed E-state index contributed by atoms with van der Waals surface area (Å²) in [6.07, 6.45) is 9.63. The molecule has 8 nitrogen and oxygen atoms in total. The topological polar surface area (TPSA) is 89.1 Å². The van der Waals surface area contributed by atoms with E-state index < -0.39 is 0 Å². The zero-order chi connectivity index (χ0) is 21.5. The van der Waals surface area contributed by atoms with E-state index >= 15 is 0 Å². The van der Waals surface area contributed by atoms with Crippen molar-refractivity contribution in [2.45, 2.75) is 72.5 Å². The molecular formula is C22H32N6O2. The first-order valence-corrected chi connectivity index (χ1v) is 10.9. The lowest BCUT2D eigenvalue weighted by Gasteiger charge is -2.25.